The van der Waals surface area contributed by atoms with Crippen molar-refractivity contribution in [3.63, 3.8) is 0 Å². The maximum Gasteiger partial charge on any atom is 0.256 e. The van der Waals surface area contributed by atoms with Gasteiger partial charge in [-0.1, -0.05) is 83.3 Å². The molecule has 0 aliphatic carbocycles. The Hall–Kier alpha value is -2.66. The number of carbonyl (C=O) groups excluding carboxylic acids is 1. The Morgan fingerprint density at radius 2 is 1.79 bits per heavy atom. The zero-order chi connectivity index (χ0) is 24.4. The number of thioether (sulfide) groups is 1. The van der Waals surface area contributed by atoms with Gasteiger partial charge < -0.3 is 0 Å². The summed E-state index contributed by atoms with van der Waals surface area (Å²) >= 11 is 1.67. The lowest BCUT2D eigenvalue weighted by molar-refractivity contribution is -0.132. The maximum absolute atomic E-state index is 14.6. The highest BCUT2D eigenvalue weighted by Gasteiger charge is 2.38. The fourth-order valence-corrected chi connectivity index (χ4v) is 5.11. The standard InChI is InChI=1S/C24H23FN2OS.2C2H6/c1-3-16-11-12-18(14-17(16)4-2)21-15-22(19-8-5-6-9-20(19)25)27(26-21)24(28)23-10-7-13-29-23;2*1-2/h3-6,8-9,11-12,14,22-23H,1-2,7,10,13,15H2;2*1-2H3. The summed E-state index contributed by atoms with van der Waals surface area (Å²) in [6, 6.07) is 12.2. The maximum atomic E-state index is 14.6. The number of hydrazone groups is 1. The number of benzene rings is 2. The molecule has 1 saturated heterocycles. The van der Waals surface area contributed by atoms with Crippen molar-refractivity contribution in [3.05, 3.63) is 83.7 Å². The summed E-state index contributed by atoms with van der Waals surface area (Å²) in [5, 5.41) is 6.11. The highest BCUT2D eigenvalue weighted by atomic mass is 32.2. The summed E-state index contributed by atoms with van der Waals surface area (Å²) in [5.74, 6) is 0.652. The van der Waals surface area contributed by atoms with Crippen LogP contribution in [0.5, 0.6) is 0 Å². The molecule has 2 aromatic rings. The van der Waals surface area contributed by atoms with E-state index in [0.29, 0.717) is 12.0 Å². The summed E-state index contributed by atoms with van der Waals surface area (Å²) in [6.45, 7) is 15.7. The quantitative estimate of drug-likeness (QED) is 0.451. The highest BCUT2D eigenvalue weighted by molar-refractivity contribution is 8.00. The molecule has 0 N–H and O–H groups in total. The molecular weight excluding hydrogens is 431 g/mol. The fourth-order valence-electron chi connectivity index (χ4n) is 3.91. The Balaban J connectivity index is 0.000000914. The average molecular weight is 467 g/mol. The van der Waals surface area contributed by atoms with Gasteiger partial charge in [0.15, 0.2) is 0 Å². The van der Waals surface area contributed by atoms with Gasteiger partial charge >= 0.3 is 0 Å². The molecule has 4 rings (SSSR count). The van der Waals surface area contributed by atoms with E-state index < -0.39 is 6.04 Å². The molecule has 33 heavy (non-hydrogen) atoms. The zero-order valence-corrected chi connectivity index (χ0v) is 21.0. The lowest BCUT2D eigenvalue weighted by atomic mass is 9.95. The molecule has 0 aromatic heterocycles. The van der Waals surface area contributed by atoms with Crippen molar-refractivity contribution >= 4 is 35.5 Å². The van der Waals surface area contributed by atoms with E-state index in [0.717, 1.165) is 41.0 Å². The van der Waals surface area contributed by atoms with Gasteiger partial charge in [0, 0.05) is 12.0 Å². The van der Waals surface area contributed by atoms with E-state index in [2.05, 4.69) is 13.2 Å². The van der Waals surface area contributed by atoms with Crippen LogP contribution >= 0.6 is 11.8 Å². The molecule has 1 fully saturated rings. The van der Waals surface area contributed by atoms with Gasteiger partial charge in [0.05, 0.1) is 17.0 Å². The first-order valence-corrected chi connectivity index (χ1v) is 12.8. The molecule has 2 aliphatic heterocycles. The van der Waals surface area contributed by atoms with Crippen molar-refractivity contribution in [1.29, 1.82) is 0 Å². The minimum Gasteiger partial charge on any atom is -0.272 e. The lowest BCUT2D eigenvalue weighted by Gasteiger charge is -2.24. The van der Waals surface area contributed by atoms with Crippen molar-refractivity contribution < 1.29 is 9.18 Å². The lowest BCUT2D eigenvalue weighted by Crippen LogP contribution is -2.33. The van der Waals surface area contributed by atoms with Crippen LogP contribution in [0.2, 0.25) is 0 Å². The van der Waals surface area contributed by atoms with Crippen LogP contribution < -0.4 is 0 Å². The van der Waals surface area contributed by atoms with Crippen LogP contribution in [0.3, 0.4) is 0 Å². The average Bonchev–Trinajstić information content (AvgIpc) is 3.57. The molecule has 176 valence electrons. The molecule has 3 nitrogen and oxygen atoms in total. The van der Waals surface area contributed by atoms with E-state index >= 15 is 0 Å². The Kier molecular flexibility index (Phi) is 10.6. The van der Waals surface area contributed by atoms with Crippen LogP contribution in [0.1, 0.15) is 75.3 Å². The Morgan fingerprint density at radius 3 is 2.39 bits per heavy atom. The van der Waals surface area contributed by atoms with Crippen molar-refractivity contribution in [2.45, 2.75) is 58.2 Å². The third-order valence-corrected chi connectivity index (χ3v) is 6.83. The molecule has 0 spiro atoms. The number of rotatable bonds is 5. The van der Waals surface area contributed by atoms with E-state index in [1.165, 1.54) is 11.1 Å². The molecule has 0 radical (unpaired) electrons. The van der Waals surface area contributed by atoms with Crippen molar-refractivity contribution in [3.8, 4) is 0 Å². The molecule has 1 amide bonds. The highest BCUT2D eigenvalue weighted by Crippen LogP contribution is 2.38. The molecule has 0 bridgehead atoms. The first kappa shape index (κ1) is 26.6. The molecule has 2 aromatic carbocycles. The summed E-state index contributed by atoms with van der Waals surface area (Å²) < 4.78 is 14.6. The first-order chi connectivity index (χ1) is 16.1. The van der Waals surface area contributed by atoms with Gasteiger partial charge in [0.25, 0.3) is 5.91 Å². The van der Waals surface area contributed by atoms with E-state index in [1.807, 2.05) is 45.9 Å². The first-order valence-electron chi connectivity index (χ1n) is 11.8. The topological polar surface area (TPSA) is 32.7 Å². The van der Waals surface area contributed by atoms with Gasteiger partial charge in [-0.05, 0) is 47.4 Å². The largest absolute Gasteiger partial charge is 0.272 e. The third kappa shape index (κ3) is 6.02. The van der Waals surface area contributed by atoms with Gasteiger partial charge in [-0.3, -0.25) is 4.79 Å². The van der Waals surface area contributed by atoms with E-state index in [1.54, 1.807) is 42.1 Å². The monoisotopic (exact) mass is 466 g/mol. The minimum absolute atomic E-state index is 0.0255. The number of hydrogen-bond donors (Lipinski definition) is 0. The van der Waals surface area contributed by atoms with E-state index in [9.17, 15) is 9.18 Å². The van der Waals surface area contributed by atoms with Crippen LogP contribution in [0.4, 0.5) is 4.39 Å². The summed E-state index contributed by atoms with van der Waals surface area (Å²) in [5.41, 5.74) is 4.16. The predicted octanol–water partition coefficient (Wildman–Crippen LogP) is 7.74. The summed E-state index contributed by atoms with van der Waals surface area (Å²) in [7, 11) is 0. The number of amides is 1. The Morgan fingerprint density at radius 1 is 1.09 bits per heavy atom. The molecular formula is C28H35FN2OS. The van der Waals surface area contributed by atoms with Crippen LogP contribution in [0.15, 0.2) is 60.7 Å². The molecule has 2 aliphatic rings. The van der Waals surface area contributed by atoms with E-state index in [-0.39, 0.29) is 17.0 Å². The fraction of sp³-hybridized carbons (Fsp3) is 0.357. The van der Waals surface area contributed by atoms with Crippen LogP contribution in [0, 0.1) is 5.82 Å². The Bertz CT molecular complexity index is 995. The second-order valence-corrected chi connectivity index (χ2v) is 8.54. The summed E-state index contributed by atoms with van der Waals surface area (Å²) in [6.07, 6.45) is 5.92. The van der Waals surface area contributed by atoms with Crippen LogP contribution in [-0.2, 0) is 4.79 Å². The van der Waals surface area contributed by atoms with Gasteiger partial charge in [-0.2, -0.15) is 5.10 Å². The summed E-state index contributed by atoms with van der Waals surface area (Å²) in [4.78, 5) is 13.2. The molecule has 2 unspecified atom stereocenters. The van der Waals surface area contributed by atoms with Crippen molar-refractivity contribution in [1.82, 2.24) is 5.01 Å². The molecule has 2 heterocycles. The second kappa shape index (κ2) is 13.1. The molecule has 5 heteroatoms. The number of nitrogens with zero attached hydrogens (tertiary/aromatic N) is 2. The van der Waals surface area contributed by atoms with Gasteiger partial charge in [0.1, 0.15) is 5.82 Å². The van der Waals surface area contributed by atoms with Gasteiger partial charge in [-0.15, -0.1) is 11.8 Å². The van der Waals surface area contributed by atoms with Gasteiger partial charge in [0.2, 0.25) is 0 Å². The molecule has 0 saturated carbocycles. The number of halogens is 1. The smallest absolute Gasteiger partial charge is 0.256 e. The van der Waals surface area contributed by atoms with Crippen LogP contribution in [0.25, 0.3) is 12.2 Å². The normalized spacial score (nSPS) is 18.9. The van der Waals surface area contributed by atoms with Gasteiger partial charge in [-0.25, -0.2) is 9.40 Å². The molecule has 2 atom stereocenters. The zero-order valence-electron chi connectivity index (χ0n) is 20.2. The van der Waals surface area contributed by atoms with Crippen molar-refractivity contribution in [2.24, 2.45) is 5.10 Å². The van der Waals surface area contributed by atoms with Crippen LogP contribution in [-0.4, -0.2) is 27.6 Å². The van der Waals surface area contributed by atoms with Crippen molar-refractivity contribution in [2.75, 3.05) is 5.75 Å². The second-order valence-electron chi connectivity index (χ2n) is 7.22. The predicted molar refractivity (Wildman–Crippen MR) is 142 cm³/mol. The van der Waals surface area contributed by atoms with E-state index in [4.69, 9.17) is 5.10 Å². The number of carbonyl (C=O) groups is 1. The third-order valence-electron chi connectivity index (χ3n) is 5.47. The minimum atomic E-state index is -0.425. The Labute approximate surface area is 202 Å². The SMILES string of the molecule is C=Cc1ccc(C2=NN(C(=O)C3CCCS3)C(c3ccccc3F)C2)cc1C=C.CC.CC. The number of hydrogen-bond acceptors (Lipinski definition) is 3.